The number of hydrogen-bond donors (Lipinski definition) is 3. The van der Waals surface area contributed by atoms with Gasteiger partial charge in [-0.1, -0.05) is 6.07 Å². The van der Waals surface area contributed by atoms with E-state index in [-0.39, 0.29) is 48.3 Å². The molecule has 3 fully saturated rings. The highest BCUT2D eigenvalue weighted by molar-refractivity contribution is 7.89. The van der Waals surface area contributed by atoms with Crippen LogP contribution < -0.4 is 16.4 Å². The van der Waals surface area contributed by atoms with Crippen molar-refractivity contribution in [2.75, 3.05) is 25.0 Å². The highest BCUT2D eigenvalue weighted by Gasteiger charge is 2.49. The van der Waals surface area contributed by atoms with Crippen molar-refractivity contribution >= 4 is 27.5 Å². The smallest absolute Gasteiger partial charge is 0.243 e. The lowest BCUT2D eigenvalue weighted by Gasteiger charge is -2.27. The van der Waals surface area contributed by atoms with Gasteiger partial charge in [0, 0.05) is 24.8 Å². The molecule has 3 aliphatic rings. The first-order chi connectivity index (χ1) is 12.9. The van der Waals surface area contributed by atoms with Crippen molar-refractivity contribution in [1.29, 1.82) is 0 Å². The molecule has 4 rings (SSSR count). The Bertz CT molecular complexity index is 870. The summed E-state index contributed by atoms with van der Waals surface area (Å²) in [6, 6.07) is 6.05. The number of carbonyl (C=O) groups is 2. The summed E-state index contributed by atoms with van der Waals surface area (Å²) >= 11 is 0. The molecule has 2 aliphatic carbocycles. The summed E-state index contributed by atoms with van der Waals surface area (Å²) in [4.78, 5) is 24.3. The lowest BCUT2D eigenvalue weighted by molar-refractivity contribution is -0.123. The highest BCUT2D eigenvalue weighted by atomic mass is 32.2. The molecule has 1 saturated heterocycles. The largest absolute Gasteiger partial charge is 0.354 e. The fourth-order valence-electron chi connectivity index (χ4n) is 4.65. The molecule has 4 unspecified atom stereocenters. The third-order valence-corrected chi connectivity index (χ3v) is 7.87. The van der Waals surface area contributed by atoms with E-state index in [9.17, 15) is 18.0 Å². The molecule has 8 nitrogen and oxygen atoms in total. The fourth-order valence-corrected chi connectivity index (χ4v) is 6.10. The van der Waals surface area contributed by atoms with Crippen LogP contribution in [-0.4, -0.2) is 50.2 Å². The molecule has 1 aliphatic heterocycles. The maximum Gasteiger partial charge on any atom is 0.243 e. The van der Waals surface area contributed by atoms with Gasteiger partial charge in [-0.05, 0) is 49.3 Å². The molecule has 2 amide bonds. The Balaban J connectivity index is 1.51. The first-order valence-electron chi connectivity index (χ1n) is 9.29. The minimum atomic E-state index is -3.79. The summed E-state index contributed by atoms with van der Waals surface area (Å²) in [5, 5.41) is 5.45. The van der Waals surface area contributed by atoms with Gasteiger partial charge in [0.2, 0.25) is 21.8 Å². The third-order valence-electron chi connectivity index (χ3n) is 6.03. The van der Waals surface area contributed by atoms with Crippen LogP contribution in [-0.2, 0) is 19.6 Å². The summed E-state index contributed by atoms with van der Waals surface area (Å²) in [5.41, 5.74) is 6.66. The standard InChI is InChI=1S/C18H24N4O4S/c19-17-12-5-4-11(8-12)16(17)18(24)21-13-2-1-3-14(9-13)27(25,26)22-7-6-20-15(23)10-22/h1-3,9,11-12,16-17H,4-8,10,19H2,(H,20,23)(H,21,24). The Labute approximate surface area is 158 Å². The second kappa shape index (κ2) is 6.88. The predicted molar refractivity (Wildman–Crippen MR) is 99.1 cm³/mol. The Morgan fingerprint density at radius 3 is 2.74 bits per heavy atom. The number of nitrogens with one attached hydrogen (secondary N) is 2. The number of hydrogen-bond acceptors (Lipinski definition) is 5. The summed E-state index contributed by atoms with van der Waals surface area (Å²) in [6.45, 7) is 0.320. The molecule has 2 bridgehead atoms. The lowest BCUT2D eigenvalue weighted by Crippen LogP contribution is -2.49. The van der Waals surface area contributed by atoms with Crippen LogP contribution in [0.5, 0.6) is 0 Å². The van der Waals surface area contributed by atoms with Crippen LogP contribution in [0, 0.1) is 17.8 Å². The first kappa shape index (κ1) is 18.4. The van der Waals surface area contributed by atoms with Gasteiger partial charge in [0.1, 0.15) is 0 Å². The van der Waals surface area contributed by atoms with Gasteiger partial charge >= 0.3 is 0 Å². The number of sulfonamides is 1. The van der Waals surface area contributed by atoms with Crippen LogP contribution in [0.3, 0.4) is 0 Å². The van der Waals surface area contributed by atoms with Crippen molar-refractivity contribution in [3.8, 4) is 0 Å². The van der Waals surface area contributed by atoms with Gasteiger partial charge in [0.15, 0.2) is 0 Å². The van der Waals surface area contributed by atoms with Gasteiger partial charge in [-0.2, -0.15) is 4.31 Å². The molecule has 2 saturated carbocycles. The highest BCUT2D eigenvalue weighted by Crippen LogP contribution is 2.47. The van der Waals surface area contributed by atoms with Crippen LogP contribution in [0.15, 0.2) is 29.2 Å². The van der Waals surface area contributed by atoms with E-state index in [1.807, 2.05) is 0 Å². The summed E-state index contributed by atoms with van der Waals surface area (Å²) in [7, 11) is -3.79. The number of rotatable bonds is 4. The average molecular weight is 392 g/mol. The molecule has 1 aromatic carbocycles. The number of piperazine rings is 1. The maximum absolute atomic E-state index is 12.8. The zero-order valence-electron chi connectivity index (χ0n) is 14.9. The molecule has 27 heavy (non-hydrogen) atoms. The molecule has 146 valence electrons. The first-order valence-corrected chi connectivity index (χ1v) is 10.7. The van der Waals surface area contributed by atoms with Crippen molar-refractivity contribution in [3.05, 3.63) is 24.3 Å². The van der Waals surface area contributed by atoms with Crippen molar-refractivity contribution in [3.63, 3.8) is 0 Å². The van der Waals surface area contributed by atoms with Crippen molar-refractivity contribution < 1.29 is 18.0 Å². The predicted octanol–water partition coefficient (Wildman–Crippen LogP) is 0.119. The van der Waals surface area contributed by atoms with Gasteiger partial charge in [-0.15, -0.1) is 0 Å². The lowest BCUT2D eigenvalue weighted by atomic mass is 9.84. The van der Waals surface area contributed by atoms with Crippen molar-refractivity contribution in [1.82, 2.24) is 9.62 Å². The topological polar surface area (TPSA) is 122 Å². The van der Waals surface area contributed by atoms with E-state index in [4.69, 9.17) is 5.73 Å². The van der Waals surface area contributed by atoms with Gasteiger partial charge in [-0.3, -0.25) is 9.59 Å². The van der Waals surface area contributed by atoms with Crippen LogP contribution in [0.2, 0.25) is 0 Å². The van der Waals surface area contributed by atoms with E-state index in [0.717, 1.165) is 23.6 Å². The molecule has 9 heteroatoms. The van der Waals surface area contributed by atoms with Crippen LogP contribution in [0.1, 0.15) is 19.3 Å². The number of nitrogens with zero attached hydrogens (tertiary/aromatic N) is 1. The number of fused-ring (bicyclic) bond motifs is 2. The van der Waals surface area contributed by atoms with Crippen molar-refractivity contribution in [2.24, 2.45) is 23.5 Å². The number of nitrogens with two attached hydrogens (primary N) is 1. The van der Waals surface area contributed by atoms with Crippen LogP contribution in [0.25, 0.3) is 0 Å². The minimum Gasteiger partial charge on any atom is -0.354 e. The monoisotopic (exact) mass is 392 g/mol. The van der Waals surface area contributed by atoms with Crippen molar-refractivity contribution in [2.45, 2.75) is 30.2 Å². The van der Waals surface area contributed by atoms with Gasteiger partial charge in [-0.25, -0.2) is 8.42 Å². The molecule has 0 radical (unpaired) electrons. The zero-order chi connectivity index (χ0) is 19.2. The maximum atomic E-state index is 12.8. The molecule has 1 aromatic rings. The fraction of sp³-hybridized carbons (Fsp3) is 0.556. The number of amides is 2. The molecule has 4 atom stereocenters. The normalized spacial score (nSPS) is 30.9. The Morgan fingerprint density at radius 1 is 1.26 bits per heavy atom. The van der Waals surface area contributed by atoms with Crippen LogP contribution in [0.4, 0.5) is 5.69 Å². The van der Waals surface area contributed by atoms with E-state index in [0.29, 0.717) is 17.5 Å². The Hall–Kier alpha value is -1.97. The van der Waals surface area contributed by atoms with E-state index in [1.54, 1.807) is 12.1 Å². The summed E-state index contributed by atoms with van der Waals surface area (Å²) in [6.07, 6.45) is 3.12. The van der Waals surface area contributed by atoms with Gasteiger partial charge < -0.3 is 16.4 Å². The second-order valence-electron chi connectivity index (χ2n) is 7.64. The molecule has 4 N–H and O–H groups in total. The van der Waals surface area contributed by atoms with Crippen LogP contribution >= 0.6 is 0 Å². The Kier molecular flexibility index (Phi) is 4.69. The quantitative estimate of drug-likeness (QED) is 0.672. The average Bonchev–Trinajstić information content (AvgIpc) is 3.23. The van der Waals surface area contributed by atoms with E-state index >= 15 is 0 Å². The molecule has 0 aromatic heterocycles. The second-order valence-corrected chi connectivity index (χ2v) is 9.58. The third kappa shape index (κ3) is 3.35. The van der Waals surface area contributed by atoms with E-state index in [1.165, 1.54) is 12.1 Å². The van der Waals surface area contributed by atoms with Gasteiger partial charge in [0.25, 0.3) is 0 Å². The number of benzene rings is 1. The SMILES string of the molecule is NC1C2CCC(C2)C1C(=O)Nc1cccc(S(=O)(=O)N2CCNC(=O)C2)c1. The van der Waals surface area contributed by atoms with Gasteiger partial charge in [0.05, 0.1) is 17.4 Å². The zero-order valence-corrected chi connectivity index (χ0v) is 15.7. The Morgan fingerprint density at radius 2 is 2.04 bits per heavy atom. The minimum absolute atomic E-state index is 0.0623. The molecule has 1 heterocycles. The number of anilines is 1. The molecular formula is C18H24N4O4S. The number of carbonyl (C=O) groups excluding carboxylic acids is 2. The summed E-state index contributed by atoms with van der Waals surface area (Å²) < 4.78 is 26.7. The molecule has 0 spiro atoms. The molecular weight excluding hydrogens is 368 g/mol. The summed E-state index contributed by atoms with van der Waals surface area (Å²) in [5.74, 6) is 0.0717. The van der Waals surface area contributed by atoms with E-state index in [2.05, 4.69) is 10.6 Å². The van der Waals surface area contributed by atoms with E-state index < -0.39 is 10.0 Å².